The maximum absolute atomic E-state index is 12.3. The molecule has 0 aliphatic heterocycles. The topological polar surface area (TPSA) is 55.3 Å². The lowest BCUT2D eigenvalue weighted by Crippen LogP contribution is -2.24. The maximum atomic E-state index is 12.3. The van der Waals surface area contributed by atoms with E-state index in [0.717, 1.165) is 21.6 Å². The lowest BCUT2D eigenvalue weighted by atomic mass is 10.2. The van der Waals surface area contributed by atoms with Gasteiger partial charge in [0.25, 0.3) is 0 Å². The van der Waals surface area contributed by atoms with Gasteiger partial charge in [0.2, 0.25) is 0 Å². The van der Waals surface area contributed by atoms with Gasteiger partial charge in [0, 0.05) is 13.1 Å². The lowest BCUT2D eigenvalue weighted by molar-refractivity contribution is 0.0383. The third-order valence-corrected chi connectivity index (χ3v) is 4.41. The molecule has 0 amide bonds. The van der Waals surface area contributed by atoms with Crippen molar-refractivity contribution in [3.05, 3.63) is 42.1 Å². The summed E-state index contributed by atoms with van der Waals surface area (Å²) in [5.41, 5.74) is 0.851. The third-order valence-electron chi connectivity index (χ3n) is 3.23. The second-order valence-electron chi connectivity index (χ2n) is 5.37. The van der Waals surface area contributed by atoms with E-state index in [0.29, 0.717) is 18.0 Å². The molecule has 0 radical (unpaired) electrons. The number of nitrogens with zero attached hydrogens (tertiary/aromatic N) is 3. The first kappa shape index (κ1) is 17.1. The van der Waals surface area contributed by atoms with Gasteiger partial charge in [-0.2, -0.15) is 0 Å². The number of anilines is 1. The number of aryl methyl sites for hydroxylation is 1. The van der Waals surface area contributed by atoms with Gasteiger partial charge in [-0.3, -0.25) is 0 Å². The maximum Gasteiger partial charge on any atom is 0.348 e. The number of ether oxygens (including phenoxy) is 1. The van der Waals surface area contributed by atoms with E-state index in [1.165, 1.54) is 17.7 Å². The molecule has 0 saturated carbocycles. The Labute approximate surface area is 140 Å². The van der Waals surface area contributed by atoms with Crippen LogP contribution in [0.2, 0.25) is 0 Å². The van der Waals surface area contributed by atoms with Crippen LogP contribution in [-0.4, -0.2) is 35.1 Å². The second-order valence-corrected chi connectivity index (χ2v) is 6.37. The van der Waals surface area contributed by atoms with E-state index in [1.807, 2.05) is 37.8 Å². The Morgan fingerprint density at radius 3 is 2.57 bits per heavy atom. The highest BCUT2D eigenvalue weighted by molar-refractivity contribution is 7.20. The van der Waals surface area contributed by atoms with E-state index < -0.39 is 0 Å². The molecular weight excluding hydrogens is 310 g/mol. The molecule has 0 bridgehead atoms. The minimum Gasteiger partial charge on any atom is -0.459 e. The van der Waals surface area contributed by atoms with Crippen LogP contribution in [0, 0.1) is 6.92 Å². The Morgan fingerprint density at radius 1 is 1.35 bits per heavy atom. The summed E-state index contributed by atoms with van der Waals surface area (Å²) in [4.78, 5) is 24.4. The fourth-order valence-electron chi connectivity index (χ4n) is 2.31. The van der Waals surface area contributed by atoms with Crippen molar-refractivity contribution in [2.75, 3.05) is 18.0 Å². The zero-order chi connectivity index (χ0) is 17.0. The molecule has 0 saturated heterocycles. The molecule has 2 aromatic heterocycles. The van der Waals surface area contributed by atoms with Crippen LogP contribution < -0.4 is 4.90 Å². The van der Waals surface area contributed by atoms with E-state index >= 15 is 0 Å². The lowest BCUT2D eigenvalue weighted by Gasteiger charge is -2.21. The molecule has 0 atom stereocenters. The molecule has 5 nitrogen and oxygen atoms in total. The first-order valence-corrected chi connectivity index (χ1v) is 8.23. The number of fused-ring (bicyclic) bond motifs is 1. The quantitative estimate of drug-likeness (QED) is 0.571. The van der Waals surface area contributed by atoms with Crippen LogP contribution in [0.15, 0.2) is 31.6 Å². The zero-order valence-electron chi connectivity index (χ0n) is 13.7. The van der Waals surface area contributed by atoms with Crippen LogP contribution >= 0.6 is 11.3 Å². The summed E-state index contributed by atoms with van der Waals surface area (Å²) in [6.45, 7) is 14.4. The summed E-state index contributed by atoms with van der Waals surface area (Å²) < 4.78 is 5.32. The first-order valence-electron chi connectivity index (χ1n) is 7.41. The monoisotopic (exact) mass is 331 g/mol. The summed E-state index contributed by atoms with van der Waals surface area (Å²) in [7, 11) is 0. The molecule has 2 aromatic rings. The average Bonchev–Trinajstić information content (AvgIpc) is 2.84. The van der Waals surface area contributed by atoms with E-state index in [4.69, 9.17) is 4.74 Å². The minimum absolute atomic E-state index is 0.157. The summed E-state index contributed by atoms with van der Waals surface area (Å²) in [6, 6.07) is 0. The largest absolute Gasteiger partial charge is 0.459 e. The van der Waals surface area contributed by atoms with Crippen molar-refractivity contribution < 1.29 is 9.53 Å². The second kappa shape index (κ2) is 7.37. The standard InChI is InChI=1S/C17H21N3O2S/c1-6-8-20(9-7-2)15-13-12(5)14(17(21)22-11(3)4)23-16(13)19-10-18-15/h6-7,10-11H,1-2,8-9H2,3-5H3. The van der Waals surface area contributed by atoms with Crippen LogP contribution in [0.5, 0.6) is 0 Å². The van der Waals surface area contributed by atoms with Crippen LogP contribution in [0.25, 0.3) is 10.2 Å². The molecule has 6 heteroatoms. The molecule has 23 heavy (non-hydrogen) atoms. The highest BCUT2D eigenvalue weighted by atomic mass is 32.1. The van der Waals surface area contributed by atoms with E-state index in [-0.39, 0.29) is 12.1 Å². The van der Waals surface area contributed by atoms with E-state index in [9.17, 15) is 4.79 Å². The van der Waals surface area contributed by atoms with Gasteiger partial charge in [-0.25, -0.2) is 14.8 Å². The number of esters is 1. The number of carbonyl (C=O) groups excluding carboxylic acids is 1. The van der Waals surface area contributed by atoms with Crippen molar-refractivity contribution in [3.63, 3.8) is 0 Å². The van der Waals surface area contributed by atoms with Crippen molar-refractivity contribution in [3.8, 4) is 0 Å². The summed E-state index contributed by atoms with van der Waals surface area (Å²) >= 11 is 1.34. The highest BCUT2D eigenvalue weighted by Gasteiger charge is 2.22. The van der Waals surface area contributed by atoms with Crippen molar-refractivity contribution in [1.29, 1.82) is 0 Å². The Morgan fingerprint density at radius 2 is 2.00 bits per heavy atom. The van der Waals surface area contributed by atoms with Crippen LogP contribution in [0.4, 0.5) is 5.82 Å². The Bertz CT molecular complexity index is 727. The van der Waals surface area contributed by atoms with Gasteiger partial charge in [0.15, 0.2) is 0 Å². The van der Waals surface area contributed by atoms with Gasteiger partial charge in [0.1, 0.15) is 21.9 Å². The minimum atomic E-state index is -0.314. The molecule has 0 N–H and O–H groups in total. The smallest absolute Gasteiger partial charge is 0.348 e. The van der Waals surface area contributed by atoms with Crippen LogP contribution in [0.1, 0.15) is 29.1 Å². The molecule has 2 rings (SSSR count). The fraction of sp³-hybridized carbons (Fsp3) is 0.353. The van der Waals surface area contributed by atoms with Crippen LogP contribution in [0.3, 0.4) is 0 Å². The van der Waals surface area contributed by atoms with Gasteiger partial charge < -0.3 is 9.64 Å². The first-order chi connectivity index (χ1) is 11.0. The number of thiophene rings is 1. The Balaban J connectivity index is 2.55. The fourth-order valence-corrected chi connectivity index (χ4v) is 3.34. The number of hydrogen-bond acceptors (Lipinski definition) is 6. The van der Waals surface area contributed by atoms with Crippen molar-refractivity contribution in [1.82, 2.24) is 9.97 Å². The molecule has 0 aliphatic rings. The van der Waals surface area contributed by atoms with Gasteiger partial charge in [-0.1, -0.05) is 12.2 Å². The SMILES string of the molecule is C=CCN(CC=C)c1ncnc2sc(C(=O)OC(C)C)c(C)c12. The summed E-state index contributed by atoms with van der Waals surface area (Å²) in [5, 5.41) is 0.886. The van der Waals surface area contributed by atoms with Gasteiger partial charge >= 0.3 is 5.97 Å². The predicted octanol–water partition coefficient (Wildman–Crippen LogP) is 3.74. The van der Waals surface area contributed by atoms with E-state index in [2.05, 4.69) is 23.1 Å². The van der Waals surface area contributed by atoms with Crippen molar-refractivity contribution in [2.24, 2.45) is 0 Å². The molecular formula is C17H21N3O2S. The summed E-state index contributed by atoms with van der Waals surface area (Å²) in [5.74, 6) is 0.470. The molecule has 0 unspecified atom stereocenters. The van der Waals surface area contributed by atoms with Gasteiger partial charge in [-0.05, 0) is 26.3 Å². The van der Waals surface area contributed by atoms with Gasteiger partial charge in [0.05, 0.1) is 11.5 Å². The number of rotatable bonds is 7. The van der Waals surface area contributed by atoms with Gasteiger partial charge in [-0.15, -0.1) is 24.5 Å². The number of aromatic nitrogens is 2. The van der Waals surface area contributed by atoms with Crippen molar-refractivity contribution in [2.45, 2.75) is 26.9 Å². The Kier molecular flexibility index (Phi) is 5.50. The Hall–Kier alpha value is -2.21. The highest BCUT2D eigenvalue weighted by Crippen LogP contribution is 2.35. The molecule has 0 spiro atoms. The normalized spacial score (nSPS) is 10.8. The average molecular weight is 331 g/mol. The molecule has 2 heterocycles. The van der Waals surface area contributed by atoms with E-state index in [1.54, 1.807) is 0 Å². The number of hydrogen-bond donors (Lipinski definition) is 0. The summed E-state index contributed by atoms with van der Waals surface area (Å²) in [6.07, 6.45) is 4.99. The third kappa shape index (κ3) is 3.59. The van der Waals surface area contributed by atoms with Crippen molar-refractivity contribution >= 4 is 33.3 Å². The number of carbonyl (C=O) groups is 1. The zero-order valence-corrected chi connectivity index (χ0v) is 14.5. The molecule has 0 aromatic carbocycles. The molecule has 0 fully saturated rings. The molecule has 0 aliphatic carbocycles. The molecule has 122 valence electrons. The predicted molar refractivity (Wildman–Crippen MR) is 95.3 cm³/mol. The van der Waals surface area contributed by atoms with Crippen LogP contribution in [-0.2, 0) is 4.74 Å².